The van der Waals surface area contributed by atoms with Gasteiger partial charge in [-0.3, -0.25) is 0 Å². The van der Waals surface area contributed by atoms with Crippen LogP contribution in [0.5, 0.6) is 0 Å². The van der Waals surface area contributed by atoms with E-state index >= 15 is 0 Å². The van der Waals surface area contributed by atoms with Gasteiger partial charge in [0.15, 0.2) is 0 Å². The van der Waals surface area contributed by atoms with E-state index in [1.165, 1.54) is 36.0 Å². The summed E-state index contributed by atoms with van der Waals surface area (Å²) in [4.78, 5) is 0. The maximum atomic E-state index is 6.22. The van der Waals surface area contributed by atoms with E-state index in [4.69, 9.17) is 11.6 Å². The van der Waals surface area contributed by atoms with Gasteiger partial charge in [-0.15, -0.1) is 11.6 Å². The molecular formula is C18H18BrCl. The van der Waals surface area contributed by atoms with Crippen molar-refractivity contribution < 1.29 is 0 Å². The minimum absolute atomic E-state index is 0.367. The summed E-state index contributed by atoms with van der Waals surface area (Å²) in [5.74, 6) is 1.02. The number of halogens is 2. The highest BCUT2D eigenvalue weighted by Crippen LogP contribution is 2.30. The second-order valence-corrected chi connectivity index (χ2v) is 6.70. The summed E-state index contributed by atoms with van der Waals surface area (Å²) in [6.45, 7) is 0. The Morgan fingerprint density at radius 1 is 1.05 bits per heavy atom. The van der Waals surface area contributed by atoms with E-state index in [-0.39, 0.29) is 0 Å². The number of hydrogen-bond donors (Lipinski definition) is 0. The third-order valence-electron chi connectivity index (χ3n) is 4.18. The first kappa shape index (κ1) is 14.2. The third-order valence-corrected chi connectivity index (χ3v) is 5.27. The number of fused-ring (bicyclic) bond motifs is 1. The van der Waals surface area contributed by atoms with Crippen LogP contribution in [-0.2, 0) is 19.3 Å². The first-order valence-corrected chi connectivity index (χ1v) is 8.51. The van der Waals surface area contributed by atoms with Crippen molar-refractivity contribution in [1.82, 2.24) is 0 Å². The van der Waals surface area contributed by atoms with E-state index in [1.54, 1.807) is 5.56 Å². The number of aryl methyl sites for hydroxylation is 2. The molecule has 104 valence electrons. The van der Waals surface area contributed by atoms with Gasteiger partial charge in [-0.1, -0.05) is 52.3 Å². The summed E-state index contributed by atoms with van der Waals surface area (Å²) in [5, 5.41) is 0. The van der Waals surface area contributed by atoms with E-state index in [1.807, 2.05) is 6.07 Å². The number of rotatable bonds is 4. The van der Waals surface area contributed by atoms with Gasteiger partial charge < -0.3 is 0 Å². The van der Waals surface area contributed by atoms with Crippen molar-refractivity contribution in [2.24, 2.45) is 0 Å². The fourth-order valence-corrected chi connectivity index (χ4v) is 3.97. The summed E-state index contributed by atoms with van der Waals surface area (Å²) < 4.78 is 1.16. The fourth-order valence-electron chi connectivity index (χ4n) is 3.09. The molecule has 0 saturated carbocycles. The summed E-state index contributed by atoms with van der Waals surface area (Å²) in [6, 6.07) is 15.4. The molecule has 1 aliphatic rings. The maximum absolute atomic E-state index is 6.22. The molecule has 0 radical (unpaired) electrons. The lowest BCUT2D eigenvalue weighted by atomic mass is 9.92. The number of alkyl halides is 1. The monoisotopic (exact) mass is 348 g/mol. The Bertz CT molecular complexity index is 606. The maximum Gasteiger partial charge on any atom is 0.0295 e. The molecule has 0 N–H and O–H groups in total. The molecule has 0 spiro atoms. The lowest BCUT2D eigenvalue weighted by Gasteiger charge is -2.17. The minimum atomic E-state index is 0.367. The zero-order chi connectivity index (χ0) is 13.9. The van der Waals surface area contributed by atoms with Crippen LogP contribution in [-0.4, -0.2) is 5.88 Å². The molecule has 0 saturated heterocycles. The van der Waals surface area contributed by atoms with Crippen molar-refractivity contribution in [3.05, 3.63) is 69.2 Å². The summed E-state index contributed by atoms with van der Waals surface area (Å²) in [5.41, 5.74) is 5.80. The Labute approximate surface area is 134 Å². The van der Waals surface area contributed by atoms with Crippen molar-refractivity contribution in [3.63, 3.8) is 0 Å². The van der Waals surface area contributed by atoms with Gasteiger partial charge in [-0.05, 0) is 54.0 Å². The van der Waals surface area contributed by atoms with E-state index in [0.29, 0.717) is 11.8 Å². The second-order valence-electron chi connectivity index (χ2n) is 5.53. The van der Waals surface area contributed by atoms with Crippen LogP contribution in [0.25, 0.3) is 0 Å². The molecule has 0 aromatic heterocycles. The molecule has 1 atom stereocenters. The first-order valence-electron chi connectivity index (χ1n) is 7.19. The predicted molar refractivity (Wildman–Crippen MR) is 89.8 cm³/mol. The van der Waals surface area contributed by atoms with E-state index in [0.717, 1.165) is 10.9 Å². The zero-order valence-electron chi connectivity index (χ0n) is 11.4. The lowest BCUT2D eigenvalue weighted by Crippen LogP contribution is -2.06. The molecule has 0 nitrogen and oxygen atoms in total. The number of hydrogen-bond acceptors (Lipinski definition) is 0. The van der Waals surface area contributed by atoms with Gasteiger partial charge in [-0.25, -0.2) is 0 Å². The van der Waals surface area contributed by atoms with E-state index in [2.05, 4.69) is 52.3 Å². The molecule has 2 aromatic rings. The van der Waals surface area contributed by atoms with Crippen LogP contribution >= 0.6 is 27.5 Å². The molecular weight excluding hydrogens is 332 g/mol. The topological polar surface area (TPSA) is 0 Å². The molecule has 3 rings (SSSR count). The van der Waals surface area contributed by atoms with Crippen LogP contribution in [0, 0.1) is 0 Å². The van der Waals surface area contributed by atoms with Crippen LogP contribution in [0.15, 0.2) is 46.9 Å². The van der Waals surface area contributed by atoms with Gasteiger partial charge in [0.2, 0.25) is 0 Å². The van der Waals surface area contributed by atoms with Gasteiger partial charge >= 0.3 is 0 Å². The molecule has 1 aliphatic carbocycles. The SMILES string of the molecule is ClCC(Cc1ccc2c(c1)CCC2)c1ccccc1Br. The Morgan fingerprint density at radius 2 is 1.85 bits per heavy atom. The third kappa shape index (κ3) is 2.94. The normalized spacial score (nSPS) is 15.1. The Balaban J connectivity index is 1.83. The van der Waals surface area contributed by atoms with Crippen molar-refractivity contribution in [2.75, 3.05) is 5.88 Å². The molecule has 2 aromatic carbocycles. The smallest absolute Gasteiger partial charge is 0.0295 e. The summed E-state index contributed by atoms with van der Waals surface area (Å²) in [7, 11) is 0. The quantitative estimate of drug-likeness (QED) is 0.639. The largest absolute Gasteiger partial charge is 0.126 e. The highest BCUT2D eigenvalue weighted by molar-refractivity contribution is 9.10. The first-order chi connectivity index (χ1) is 9.78. The van der Waals surface area contributed by atoms with Gasteiger partial charge in [0.1, 0.15) is 0 Å². The van der Waals surface area contributed by atoms with E-state index in [9.17, 15) is 0 Å². The van der Waals surface area contributed by atoms with Crippen LogP contribution in [0.2, 0.25) is 0 Å². The van der Waals surface area contributed by atoms with Crippen LogP contribution in [0.3, 0.4) is 0 Å². The predicted octanol–water partition coefficient (Wildman–Crippen LogP) is 5.50. The Hall–Kier alpha value is -0.790. The fraction of sp³-hybridized carbons (Fsp3) is 0.333. The molecule has 2 heteroatoms. The molecule has 1 unspecified atom stereocenters. The molecule has 0 bridgehead atoms. The molecule has 0 fully saturated rings. The molecule has 0 heterocycles. The Morgan fingerprint density at radius 3 is 2.65 bits per heavy atom. The van der Waals surface area contributed by atoms with Crippen molar-refractivity contribution >= 4 is 27.5 Å². The van der Waals surface area contributed by atoms with Crippen LogP contribution < -0.4 is 0 Å². The molecule has 20 heavy (non-hydrogen) atoms. The minimum Gasteiger partial charge on any atom is -0.126 e. The zero-order valence-corrected chi connectivity index (χ0v) is 13.8. The van der Waals surface area contributed by atoms with Crippen molar-refractivity contribution in [3.8, 4) is 0 Å². The standard InChI is InChI=1S/C18H18BrCl/c19-18-7-2-1-6-17(18)16(12-20)11-13-8-9-14-4-3-5-15(14)10-13/h1-2,6-10,16H,3-5,11-12H2. The molecule has 0 aliphatic heterocycles. The summed E-state index contributed by atoms with van der Waals surface area (Å²) >= 11 is 9.86. The van der Waals surface area contributed by atoms with Gasteiger partial charge in [0.25, 0.3) is 0 Å². The van der Waals surface area contributed by atoms with E-state index < -0.39 is 0 Å². The van der Waals surface area contributed by atoms with Gasteiger partial charge in [0.05, 0.1) is 0 Å². The van der Waals surface area contributed by atoms with Crippen molar-refractivity contribution in [2.45, 2.75) is 31.6 Å². The highest BCUT2D eigenvalue weighted by atomic mass is 79.9. The van der Waals surface area contributed by atoms with Gasteiger partial charge in [0, 0.05) is 16.3 Å². The van der Waals surface area contributed by atoms with Crippen LogP contribution in [0.4, 0.5) is 0 Å². The highest BCUT2D eigenvalue weighted by Gasteiger charge is 2.16. The van der Waals surface area contributed by atoms with Crippen molar-refractivity contribution in [1.29, 1.82) is 0 Å². The number of benzene rings is 2. The molecule has 0 amide bonds. The summed E-state index contributed by atoms with van der Waals surface area (Å²) in [6.07, 6.45) is 4.81. The Kier molecular flexibility index (Phi) is 4.48. The average molecular weight is 350 g/mol. The van der Waals surface area contributed by atoms with Gasteiger partial charge in [-0.2, -0.15) is 0 Å². The average Bonchev–Trinajstić information content (AvgIpc) is 2.93. The lowest BCUT2D eigenvalue weighted by molar-refractivity contribution is 0.761. The second kappa shape index (κ2) is 6.32. The van der Waals surface area contributed by atoms with Crippen LogP contribution in [0.1, 0.15) is 34.6 Å².